The first kappa shape index (κ1) is 31.5. The zero-order valence-electron chi connectivity index (χ0n) is 23.3. The highest BCUT2D eigenvalue weighted by atomic mass is 16.5. The Morgan fingerprint density at radius 1 is 1.02 bits per heavy atom. The Kier molecular flexibility index (Phi) is 12.1. The standard InChI is InChI=1S/C28H39N5O8/c1-41-28(40)20-7-5-19(6-8-20)26(38)30-16-23(34)31-22(15-25(36)37)32-27(39)21-3-2-14-33(17-21)24(35)9-4-18-10-12-29-13-11-18/h5-8,18,21-22,29H,2-4,9-17H2,1H3,(H,30,38)(H,31,34)(H,32,39)(H,36,37)/t21-,22+/m1/s1. The van der Waals surface area contributed by atoms with Crippen molar-refractivity contribution in [3.63, 3.8) is 0 Å². The van der Waals surface area contributed by atoms with Gasteiger partial charge in [-0.15, -0.1) is 0 Å². The molecule has 13 nitrogen and oxygen atoms in total. The molecule has 0 radical (unpaired) electrons. The fourth-order valence-corrected chi connectivity index (χ4v) is 5.06. The molecule has 41 heavy (non-hydrogen) atoms. The predicted octanol–water partition coefficient (Wildman–Crippen LogP) is 0.255. The highest BCUT2D eigenvalue weighted by Gasteiger charge is 2.30. The largest absolute Gasteiger partial charge is 0.481 e. The number of carboxylic acid groups (broad SMARTS) is 1. The van der Waals surface area contributed by atoms with Crippen molar-refractivity contribution in [2.24, 2.45) is 11.8 Å². The molecule has 2 atom stereocenters. The van der Waals surface area contributed by atoms with Gasteiger partial charge < -0.3 is 36.0 Å². The molecule has 2 heterocycles. The van der Waals surface area contributed by atoms with E-state index < -0.39 is 54.7 Å². The molecule has 0 aliphatic carbocycles. The molecule has 0 unspecified atom stereocenters. The van der Waals surface area contributed by atoms with Gasteiger partial charge in [0.05, 0.1) is 31.6 Å². The molecular weight excluding hydrogens is 534 g/mol. The number of amides is 4. The molecule has 0 bridgehead atoms. The molecule has 2 aliphatic heterocycles. The number of piperidine rings is 2. The zero-order chi connectivity index (χ0) is 29.8. The van der Waals surface area contributed by atoms with Crippen molar-refractivity contribution in [1.82, 2.24) is 26.2 Å². The van der Waals surface area contributed by atoms with Crippen LogP contribution in [-0.2, 0) is 23.9 Å². The van der Waals surface area contributed by atoms with Crippen LogP contribution in [0.4, 0.5) is 0 Å². The highest BCUT2D eigenvalue weighted by molar-refractivity contribution is 5.98. The third-order valence-corrected chi connectivity index (χ3v) is 7.38. The van der Waals surface area contributed by atoms with E-state index in [1.54, 1.807) is 4.90 Å². The summed E-state index contributed by atoms with van der Waals surface area (Å²) < 4.78 is 4.61. The number of ether oxygens (including phenoxy) is 1. The van der Waals surface area contributed by atoms with Gasteiger partial charge in [-0.1, -0.05) is 0 Å². The lowest BCUT2D eigenvalue weighted by atomic mass is 9.92. The van der Waals surface area contributed by atoms with E-state index in [1.165, 1.54) is 31.4 Å². The molecule has 3 rings (SSSR count). The van der Waals surface area contributed by atoms with Gasteiger partial charge in [0.25, 0.3) is 5.91 Å². The van der Waals surface area contributed by atoms with Crippen molar-refractivity contribution in [2.75, 3.05) is 39.8 Å². The first-order valence-corrected chi connectivity index (χ1v) is 13.9. The molecule has 13 heteroatoms. The number of carboxylic acids is 1. The molecule has 0 saturated carbocycles. The summed E-state index contributed by atoms with van der Waals surface area (Å²) in [6.07, 6.45) is 2.82. The Labute approximate surface area is 238 Å². The van der Waals surface area contributed by atoms with Crippen LogP contribution in [0.5, 0.6) is 0 Å². The van der Waals surface area contributed by atoms with E-state index in [1.807, 2.05) is 0 Å². The summed E-state index contributed by atoms with van der Waals surface area (Å²) >= 11 is 0. The van der Waals surface area contributed by atoms with E-state index in [0.29, 0.717) is 31.7 Å². The smallest absolute Gasteiger partial charge is 0.337 e. The van der Waals surface area contributed by atoms with E-state index in [-0.39, 0.29) is 23.6 Å². The van der Waals surface area contributed by atoms with Crippen LogP contribution in [0.2, 0.25) is 0 Å². The number of rotatable bonds is 12. The Morgan fingerprint density at radius 3 is 2.37 bits per heavy atom. The van der Waals surface area contributed by atoms with Crippen LogP contribution in [-0.4, -0.2) is 91.6 Å². The second kappa shape index (κ2) is 15.7. The quantitative estimate of drug-likeness (QED) is 0.173. The van der Waals surface area contributed by atoms with Crippen LogP contribution in [0.1, 0.15) is 65.7 Å². The third-order valence-electron chi connectivity index (χ3n) is 7.38. The molecule has 1 aromatic carbocycles. The molecule has 0 aromatic heterocycles. The van der Waals surface area contributed by atoms with Crippen molar-refractivity contribution in [3.8, 4) is 0 Å². The first-order valence-electron chi connectivity index (χ1n) is 13.9. The van der Waals surface area contributed by atoms with Crippen LogP contribution < -0.4 is 21.3 Å². The number of aliphatic carboxylic acids is 1. The van der Waals surface area contributed by atoms with E-state index in [0.717, 1.165) is 32.4 Å². The van der Waals surface area contributed by atoms with Gasteiger partial charge in [0.2, 0.25) is 17.7 Å². The molecule has 4 amide bonds. The highest BCUT2D eigenvalue weighted by Crippen LogP contribution is 2.21. The number of hydrogen-bond donors (Lipinski definition) is 5. The zero-order valence-corrected chi connectivity index (χ0v) is 23.3. The first-order chi connectivity index (χ1) is 19.7. The van der Waals surface area contributed by atoms with E-state index in [4.69, 9.17) is 0 Å². The molecule has 2 fully saturated rings. The second-order valence-corrected chi connectivity index (χ2v) is 10.4. The average molecular weight is 574 g/mol. The Morgan fingerprint density at radius 2 is 1.71 bits per heavy atom. The van der Waals surface area contributed by atoms with Gasteiger partial charge in [-0.2, -0.15) is 0 Å². The van der Waals surface area contributed by atoms with Crippen LogP contribution >= 0.6 is 0 Å². The topological polar surface area (TPSA) is 183 Å². The summed E-state index contributed by atoms with van der Waals surface area (Å²) in [5, 5.41) is 20.0. The monoisotopic (exact) mass is 573 g/mol. The minimum atomic E-state index is -1.23. The summed E-state index contributed by atoms with van der Waals surface area (Å²) in [5.41, 5.74) is 0.463. The molecule has 2 aliphatic rings. The molecule has 1 aromatic rings. The van der Waals surface area contributed by atoms with Crippen LogP contribution in [0.3, 0.4) is 0 Å². The minimum absolute atomic E-state index is 0.0205. The predicted molar refractivity (Wildman–Crippen MR) is 147 cm³/mol. The fraction of sp³-hybridized carbons (Fsp3) is 0.571. The summed E-state index contributed by atoms with van der Waals surface area (Å²) in [5.74, 6) is -3.48. The number of nitrogens with one attached hydrogen (secondary N) is 4. The van der Waals surface area contributed by atoms with Crippen molar-refractivity contribution < 1.29 is 38.6 Å². The van der Waals surface area contributed by atoms with E-state index in [9.17, 15) is 33.9 Å². The van der Waals surface area contributed by atoms with Gasteiger partial charge in [0.1, 0.15) is 6.17 Å². The summed E-state index contributed by atoms with van der Waals surface area (Å²) in [4.78, 5) is 75.2. The lowest BCUT2D eigenvalue weighted by Crippen LogP contribution is -2.54. The Hall–Kier alpha value is -4.00. The summed E-state index contributed by atoms with van der Waals surface area (Å²) in [6, 6.07) is 5.62. The van der Waals surface area contributed by atoms with Crippen molar-refractivity contribution in [1.29, 1.82) is 0 Å². The number of likely N-dealkylation sites (tertiary alicyclic amines) is 1. The van der Waals surface area contributed by atoms with Crippen LogP contribution in [0, 0.1) is 11.8 Å². The lowest BCUT2D eigenvalue weighted by Gasteiger charge is -2.33. The maximum absolute atomic E-state index is 13.0. The van der Waals surface area contributed by atoms with Gasteiger partial charge in [-0.3, -0.25) is 24.0 Å². The summed E-state index contributed by atoms with van der Waals surface area (Å²) in [7, 11) is 1.24. The van der Waals surface area contributed by atoms with Gasteiger partial charge in [-0.05, 0) is 75.4 Å². The number of esters is 1. The second-order valence-electron chi connectivity index (χ2n) is 10.4. The SMILES string of the molecule is COC(=O)c1ccc(C(=O)NCC(=O)N[C@H](CC(=O)O)NC(=O)[C@@H]2CCCN(C(=O)CCC3CCNCC3)C2)cc1. The van der Waals surface area contributed by atoms with Crippen molar-refractivity contribution >= 4 is 35.6 Å². The number of carbonyl (C=O) groups is 6. The van der Waals surface area contributed by atoms with E-state index >= 15 is 0 Å². The van der Waals surface area contributed by atoms with Crippen molar-refractivity contribution in [3.05, 3.63) is 35.4 Å². The average Bonchev–Trinajstić information content (AvgIpc) is 2.98. The number of carbonyl (C=O) groups excluding carboxylic acids is 5. The number of benzene rings is 1. The van der Waals surface area contributed by atoms with E-state index in [2.05, 4.69) is 26.0 Å². The lowest BCUT2D eigenvalue weighted by molar-refractivity contribution is -0.138. The molecule has 2 saturated heterocycles. The fourth-order valence-electron chi connectivity index (χ4n) is 5.06. The maximum atomic E-state index is 13.0. The molecule has 224 valence electrons. The van der Waals surface area contributed by atoms with Crippen LogP contribution in [0.15, 0.2) is 24.3 Å². The Balaban J connectivity index is 1.47. The summed E-state index contributed by atoms with van der Waals surface area (Å²) in [6.45, 7) is 2.30. The van der Waals surface area contributed by atoms with Gasteiger partial charge in [0, 0.05) is 25.1 Å². The normalized spacial score (nSPS) is 18.1. The number of hydrogen-bond acceptors (Lipinski definition) is 8. The van der Waals surface area contributed by atoms with Crippen LogP contribution in [0.25, 0.3) is 0 Å². The minimum Gasteiger partial charge on any atom is -0.481 e. The van der Waals surface area contributed by atoms with Gasteiger partial charge in [-0.25, -0.2) is 4.79 Å². The third kappa shape index (κ3) is 10.2. The molecule has 5 N–H and O–H groups in total. The van der Waals surface area contributed by atoms with Gasteiger partial charge in [0.15, 0.2) is 0 Å². The molecular formula is C28H39N5O8. The van der Waals surface area contributed by atoms with Crippen molar-refractivity contribution in [2.45, 2.75) is 51.1 Å². The van der Waals surface area contributed by atoms with Gasteiger partial charge >= 0.3 is 11.9 Å². The number of nitrogens with zero attached hydrogens (tertiary/aromatic N) is 1. The number of methoxy groups -OCH3 is 1. The molecule has 0 spiro atoms. The Bertz CT molecular complexity index is 1100. The maximum Gasteiger partial charge on any atom is 0.337 e.